The second-order valence-electron chi connectivity index (χ2n) is 8.33. The lowest BCUT2D eigenvalue weighted by Gasteiger charge is -2.56. The first-order valence-electron chi connectivity index (χ1n) is 8.79. The summed E-state index contributed by atoms with van der Waals surface area (Å²) in [6, 6.07) is 0. The maximum Gasteiger partial charge on any atom is 0.225 e. The predicted molar refractivity (Wildman–Crippen MR) is 100 cm³/mol. The van der Waals surface area contributed by atoms with Gasteiger partial charge in [-0.25, -0.2) is 14.4 Å². The molecule has 0 aliphatic carbocycles. The van der Waals surface area contributed by atoms with Crippen molar-refractivity contribution in [1.82, 2.24) is 15.0 Å². The van der Waals surface area contributed by atoms with Gasteiger partial charge in [-0.3, -0.25) is 0 Å². The van der Waals surface area contributed by atoms with Crippen LogP contribution in [0.25, 0.3) is 10.9 Å². The summed E-state index contributed by atoms with van der Waals surface area (Å²) in [5, 5.41) is 0.291. The van der Waals surface area contributed by atoms with E-state index in [1.165, 1.54) is 6.20 Å². The molecule has 0 amide bonds. The minimum Gasteiger partial charge on any atom is -0.369 e. The van der Waals surface area contributed by atoms with Gasteiger partial charge in [0, 0.05) is 25.7 Å². The minimum atomic E-state index is -0.672. The van der Waals surface area contributed by atoms with Gasteiger partial charge in [0.1, 0.15) is 11.3 Å². The summed E-state index contributed by atoms with van der Waals surface area (Å²) in [6.07, 6.45) is 4.77. The molecule has 2 aliphatic heterocycles. The molecule has 4 heterocycles. The Morgan fingerprint density at radius 2 is 2.04 bits per heavy atom. The number of hydrogen-bond donors (Lipinski definition) is 0. The molecule has 26 heavy (non-hydrogen) atoms. The molecule has 0 saturated carbocycles. The van der Waals surface area contributed by atoms with Crippen molar-refractivity contribution in [3.05, 3.63) is 22.5 Å². The first-order valence-corrected chi connectivity index (χ1v) is 9.54. The molecule has 0 N–H and O–H groups in total. The lowest BCUT2D eigenvalue weighted by atomic mass is 9.73. The molecule has 2 saturated heterocycles. The van der Waals surface area contributed by atoms with E-state index in [-0.39, 0.29) is 33.1 Å². The van der Waals surface area contributed by atoms with Crippen LogP contribution in [0.15, 0.2) is 6.20 Å². The molecule has 2 aromatic rings. The van der Waals surface area contributed by atoms with Gasteiger partial charge in [-0.1, -0.05) is 32.4 Å². The molecule has 2 fully saturated rings. The van der Waals surface area contributed by atoms with Gasteiger partial charge >= 0.3 is 0 Å². The zero-order chi connectivity index (χ0) is 18.7. The number of nitrogens with zero attached hydrogens (tertiary/aromatic N) is 4. The van der Waals surface area contributed by atoms with E-state index in [4.69, 9.17) is 27.9 Å². The Labute approximate surface area is 161 Å². The van der Waals surface area contributed by atoms with Crippen molar-refractivity contribution >= 4 is 39.9 Å². The molecule has 2 unspecified atom stereocenters. The van der Waals surface area contributed by atoms with Crippen LogP contribution in [-0.2, 0) is 4.74 Å². The molecule has 2 aliphatic rings. The summed E-state index contributed by atoms with van der Waals surface area (Å²) < 4.78 is 20.7. The van der Waals surface area contributed by atoms with Crippen LogP contribution < -0.4 is 4.90 Å². The number of aromatic nitrogens is 3. The summed E-state index contributed by atoms with van der Waals surface area (Å²) >= 11 is 11.8. The van der Waals surface area contributed by atoms with Crippen molar-refractivity contribution in [1.29, 1.82) is 0 Å². The van der Waals surface area contributed by atoms with Crippen molar-refractivity contribution < 1.29 is 9.13 Å². The van der Waals surface area contributed by atoms with Crippen molar-refractivity contribution in [2.24, 2.45) is 5.41 Å². The minimum absolute atomic E-state index is 0.00427. The van der Waals surface area contributed by atoms with Gasteiger partial charge in [-0.05, 0) is 29.9 Å². The van der Waals surface area contributed by atoms with E-state index in [2.05, 4.69) is 40.6 Å². The number of piperidine rings is 1. The third-order valence-electron chi connectivity index (χ3n) is 5.35. The van der Waals surface area contributed by atoms with Gasteiger partial charge in [0.05, 0.1) is 17.1 Å². The Kier molecular flexibility index (Phi) is 4.29. The van der Waals surface area contributed by atoms with E-state index in [0.29, 0.717) is 17.7 Å². The van der Waals surface area contributed by atoms with E-state index < -0.39 is 5.82 Å². The molecule has 2 atom stereocenters. The number of halogens is 3. The summed E-state index contributed by atoms with van der Waals surface area (Å²) in [5.41, 5.74) is 0.0577. The maximum atomic E-state index is 14.4. The van der Waals surface area contributed by atoms with E-state index in [9.17, 15) is 4.39 Å². The molecular weight excluding hydrogens is 378 g/mol. The van der Waals surface area contributed by atoms with Gasteiger partial charge < -0.3 is 9.64 Å². The Morgan fingerprint density at radius 3 is 2.73 bits per heavy atom. The Balaban J connectivity index is 1.67. The first kappa shape index (κ1) is 18.1. The fourth-order valence-electron chi connectivity index (χ4n) is 3.89. The smallest absolute Gasteiger partial charge is 0.225 e. The fourth-order valence-corrected chi connectivity index (χ4v) is 4.19. The van der Waals surface area contributed by atoms with Crippen LogP contribution in [0, 0.1) is 11.2 Å². The van der Waals surface area contributed by atoms with Crippen LogP contribution in [0.1, 0.15) is 40.0 Å². The number of fused-ring (bicyclic) bond motifs is 1. The average molecular weight is 399 g/mol. The lowest BCUT2D eigenvalue weighted by molar-refractivity contribution is -0.241. The zero-order valence-corrected chi connectivity index (χ0v) is 16.5. The second kappa shape index (κ2) is 6.14. The monoisotopic (exact) mass is 398 g/mol. The zero-order valence-electron chi connectivity index (χ0n) is 15.0. The third-order valence-corrected chi connectivity index (χ3v) is 5.78. The highest BCUT2D eigenvalue weighted by Crippen LogP contribution is 2.47. The molecule has 0 bridgehead atoms. The largest absolute Gasteiger partial charge is 0.369 e. The molecule has 4 rings (SSSR count). The van der Waals surface area contributed by atoms with Gasteiger partial charge in [0.15, 0.2) is 11.0 Å². The SMILES string of the molecule is CC(C)(C)C1CC2(CCCN(c3nc(Cl)nc4c(F)c(Cl)ncc34)C2)O1. The summed E-state index contributed by atoms with van der Waals surface area (Å²) in [7, 11) is 0. The van der Waals surface area contributed by atoms with E-state index in [1.807, 2.05) is 0 Å². The predicted octanol–water partition coefficient (Wildman–Crippen LogP) is 4.64. The summed E-state index contributed by atoms with van der Waals surface area (Å²) in [4.78, 5) is 14.4. The van der Waals surface area contributed by atoms with Crippen LogP contribution in [0.5, 0.6) is 0 Å². The topological polar surface area (TPSA) is 51.1 Å². The van der Waals surface area contributed by atoms with Gasteiger partial charge in [-0.15, -0.1) is 0 Å². The Morgan fingerprint density at radius 1 is 1.31 bits per heavy atom. The van der Waals surface area contributed by atoms with Crippen molar-refractivity contribution in [3.8, 4) is 0 Å². The molecule has 5 nitrogen and oxygen atoms in total. The highest BCUT2D eigenvalue weighted by molar-refractivity contribution is 6.30. The third kappa shape index (κ3) is 3.02. The van der Waals surface area contributed by atoms with Crippen LogP contribution in [-0.4, -0.2) is 39.7 Å². The van der Waals surface area contributed by atoms with E-state index in [1.54, 1.807) is 0 Å². The highest BCUT2D eigenvalue weighted by atomic mass is 35.5. The summed E-state index contributed by atoms with van der Waals surface area (Å²) in [6.45, 7) is 8.09. The number of ether oxygens (including phenoxy) is 1. The molecule has 140 valence electrons. The number of hydrogen-bond acceptors (Lipinski definition) is 5. The molecule has 0 aromatic carbocycles. The van der Waals surface area contributed by atoms with Crippen LogP contribution >= 0.6 is 23.2 Å². The Bertz CT molecular complexity index is 864. The average Bonchev–Trinajstić information content (AvgIpc) is 2.55. The molecule has 0 radical (unpaired) electrons. The second-order valence-corrected chi connectivity index (χ2v) is 9.02. The van der Waals surface area contributed by atoms with Crippen molar-refractivity contribution in [3.63, 3.8) is 0 Å². The van der Waals surface area contributed by atoms with Gasteiger partial charge in [-0.2, -0.15) is 4.98 Å². The van der Waals surface area contributed by atoms with Crippen LogP contribution in [0.2, 0.25) is 10.4 Å². The maximum absolute atomic E-state index is 14.4. The number of anilines is 1. The van der Waals surface area contributed by atoms with Gasteiger partial charge in [0.2, 0.25) is 5.28 Å². The number of rotatable bonds is 1. The fraction of sp³-hybridized carbons (Fsp3) is 0.611. The molecule has 1 spiro atoms. The first-order chi connectivity index (χ1) is 12.2. The molecular formula is C18H21Cl2FN4O. The quantitative estimate of drug-likeness (QED) is 0.516. The van der Waals surface area contributed by atoms with Crippen molar-refractivity contribution in [2.75, 3.05) is 18.0 Å². The molecule has 8 heteroatoms. The molecule has 2 aromatic heterocycles. The van der Waals surface area contributed by atoms with Crippen LogP contribution in [0.4, 0.5) is 10.2 Å². The van der Waals surface area contributed by atoms with Crippen LogP contribution in [0.3, 0.4) is 0 Å². The summed E-state index contributed by atoms with van der Waals surface area (Å²) in [5.74, 6) is -0.0842. The van der Waals surface area contributed by atoms with E-state index >= 15 is 0 Å². The standard InChI is InChI=1S/C18H21Cl2FN4O/c1-17(2,3)11-7-18(26-11)5-4-6-25(9-18)15-10-8-22-14(19)12(21)13(10)23-16(20)24-15/h8,11H,4-7,9H2,1-3H3. The van der Waals surface area contributed by atoms with E-state index in [0.717, 1.165) is 25.8 Å². The van der Waals surface area contributed by atoms with Crippen molar-refractivity contribution in [2.45, 2.75) is 51.7 Å². The highest BCUT2D eigenvalue weighted by Gasteiger charge is 2.51. The lowest BCUT2D eigenvalue weighted by Crippen LogP contribution is -2.62. The Hall–Kier alpha value is -1.24. The normalized spacial score (nSPS) is 26.4. The van der Waals surface area contributed by atoms with Gasteiger partial charge in [0.25, 0.3) is 0 Å². The number of pyridine rings is 1.